The van der Waals surface area contributed by atoms with Crippen molar-refractivity contribution >= 4 is 0 Å². The zero-order chi connectivity index (χ0) is 15.9. The van der Waals surface area contributed by atoms with Crippen LogP contribution in [0.2, 0.25) is 0 Å². The Morgan fingerprint density at radius 3 is 2.45 bits per heavy atom. The number of hydrogen-bond acceptors (Lipinski definition) is 2. The van der Waals surface area contributed by atoms with Gasteiger partial charge in [0.05, 0.1) is 7.11 Å². The SMILES string of the molecule is COc1ccc2c(c1)C(C1CCN(C(C)C)CC1)CC2(C)C. The fraction of sp³-hybridized carbons (Fsp3) is 0.700. The van der Waals surface area contributed by atoms with Gasteiger partial charge in [-0.1, -0.05) is 19.9 Å². The molecule has 22 heavy (non-hydrogen) atoms. The van der Waals surface area contributed by atoms with Crippen molar-refractivity contribution in [2.75, 3.05) is 20.2 Å². The Labute approximate surface area is 135 Å². The van der Waals surface area contributed by atoms with E-state index in [2.05, 4.69) is 50.8 Å². The quantitative estimate of drug-likeness (QED) is 0.810. The van der Waals surface area contributed by atoms with E-state index in [1.165, 1.54) is 32.4 Å². The molecule has 0 aromatic heterocycles. The largest absolute Gasteiger partial charge is 0.497 e. The lowest BCUT2D eigenvalue weighted by atomic mass is 9.78. The number of ether oxygens (including phenoxy) is 1. The van der Waals surface area contributed by atoms with Crippen molar-refractivity contribution in [3.8, 4) is 5.75 Å². The zero-order valence-corrected chi connectivity index (χ0v) is 14.9. The molecule has 1 aliphatic carbocycles. The monoisotopic (exact) mass is 301 g/mol. The third-order valence-corrected chi connectivity index (χ3v) is 5.99. The molecule has 2 nitrogen and oxygen atoms in total. The van der Waals surface area contributed by atoms with Crippen LogP contribution in [0, 0.1) is 5.92 Å². The van der Waals surface area contributed by atoms with E-state index in [-0.39, 0.29) is 0 Å². The van der Waals surface area contributed by atoms with Crippen LogP contribution in [0.4, 0.5) is 0 Å². The van der Waals surface area contributed by atoms with E-state index in [9.17, 15) is 0 Å². The van der Waals surface area contributed by atoms with Crippen molar-refractivity contribution in [1.29, 1.82) is 0 Å². The number of hydrogen-bond donors (Lipinski definition) is 0. The molecule has 1 atom stereocenters. The smallest absolute Gasteiger partial charge is 0.119 e. The highest BCUT2D eigenvalue weighted by molar-refractivity contribution is 5.46. The number of nitrogens with zero attached hydrogens (tertiary/aromatic N) is 1. The van der Waals surface area contributed by atoms with E-state index in [4.69, 9.17) is 4.74 Å². The minimum absolute atomic E-state index is 0.307. The van der Waals surface area contributed by atoms with Gasteiger partial charge in [-0.05, 0) is 86.7 Å². The Kier molecular flexibility index (Phi) is 4.24. The summed E-state index contributed by atoms with van der Waals surface area (Å²) in [7, 11) is 1.78. The average Bonchev–Trinajstić information content (AvgIpc) is 2.78. The van der Waals surface area contributed by atoms with Crippen LogP contribution in [0.25, 0.3) is 0 Å². The predicted octanol–water partition coefficient (Wildman–Crippen LogP) is 4.58. The summed E-state index contributed by atoms with van der Waals surface area (Å²) >= 11 is 0. The molecule has 1 aromatic rings. The Balaban J connectivity index is 1.82. The fourth-order valence-electron chi connectivity index (χ4n) is 4.62. The van der Waals surface area contributed by atoms with Crippen molar-refractivity contribution in [2.45, 2.75) is 64.3 Å². The highest BCUT2D eigenvalue weighted by Crippen LogP contribution is 2.51. The number of piperidine rings is 1. The number of fused-ring (bicyclic) bond motifs is 1. The summed E-state index contributed by atoms with van der Waals surface area (Å²) in [6.07, 6.45) is 3.98. The van der Waals surface area contributed by atoms with Crippen LogP contribution in [0.15, 0.2) is 18.2 Å². The molecule has 0 saturated carbocycles. The summed E-state index contributed by atoms with van der Waals surface area (Å²) in [4.78, 5) is 2.63. The van der Waals surface area contributed by atoms with Gasteiger partial charge in [-0.15, -0.1) is 0 Å². The van der Waals surface area contributed by atoms with Crippen molar-refractivity contribution in [3.05, 3.63) is 29.3 Å². The molecule has 3 rings (SSSR count). The van der Waals surface area contributed by atoms with Gasteiger partial charge in [0, 0.05) is 6.04 Å². The Bertz CT molecular complexity index is 527. The van der Waals surface area contributed by atoms with E-state index in [1.807, 2.05) is 0 Å². The molecule has 1 heterocycles. The standard InChI is InChI=1S/C20H31NO/c1-14(2)21-10-8-15(9-11-21)18-13-20(3,4)19-7-6-16(22-5)12-17(18)19/h6-7,12,14-15,18H,8-11,13H2,1-5H3. The zero-order valence-electron chi connectivity index (χ0n) is 14.9. The van der Waals surface area contributed by atoms with Crippen LogP contribution in [-0.4, -0.2) is 31.1 Å². The number of likely N-dealkylation sites (tertiary alicyclic amines) is 1. The molecule has 1 unspecified atom stereocenters. The first-order valence-electron chi connectivity index (χ1n) is 8.85. The maximum absolute atomic E-state index is 5.48. The summed E-state index contributed by atoms with van der Waals surface area (Å²) in [5, 5.41) is 0. The maximum Gasteiger partial charge on any atom is 0.119 e. The van der Waals surface area contributed by atoms with Gasteiger partial charge >= 0.3 is 0 Å². The lowest BCUT2D eigenvalue weighted by molar-refractivity contribution is 0.134. The second kappa shape index (κ2) is 5.88. The van der Waals surface area contributed by atoms with Crippen molar-refractivity contribution in [3.63, 3.8) is 0 Å². The summed E-state index contributed by atoms with van der Waals surface area (Å²) in [6.45, 7) is 12.0. The number of benzene rings is 1. The minimum Gasteiger partial charge on any atom is -0.497 e. The molecule has 0 radical (unpaired) electrons. The van der Waals surface area contributed by atoms with Gasteiger partial charge in [-0.3, -0.25) is 0 Å². The molecule has 2 heteroatoms. The van der Waals surface area contributed by atoms with Gasteiger partial charge in [0.15, 0.2) is 0 Å². The van der Waals surface area contributed by atoms with E-state index >= 15 is 0 Å². The molecule has 0 N–H and O–H groups in total. The lowest BCUT2D eigenvalue weighted by Crippen LogP contribution is -2.39. The summed E-state index contributed by atoms with van der Waals surface area (Å²) in [6, 6.07) is 7.43. The van der Waals surface area contributed by atoms with Gasteiger partial charge in [-0.2, -0.15) is 0 Å². The summed E-state index contributed by atoms with van der Waals surface area (Å²) < 4.78 is 5.48. The summed E-state index contributed by atoms with van der Waals surface area (Å²) in [5.41, 5.74) is 3.42. The van der Waals surface area contributed by atoms with E-state index < -0.39 is 0 Å². The first-order chi connectivity index (χ1) is 10.4. The topological polar surface area (TPSA) is 12.5 Å². The minimum atomic E-state index is 0.307. The van der Waals surface area contributed by atoms with Crippen molar-refractivity contribution in [2.24, 2.45) is 5.92 Å². The second-order valence-electron chi connectivity index (χ2n) is 8.11. The molecule has 0 bridgehead atoms. The van der Waals surface area contributed by atoms with Crippen LogP contribution in [0.5, 0.6) is 5.75 Å². The van der Waals surface area contributed by atoms with Crippen LogP contribution in [-0.2, 0) is 5.41 Å². The predicted molar refractivity (Wildman–Crippen MR) is 92.8 cm³/mol. The molecule has 1 aromatic carbocycles. The van der Waals surface area contributed by atoms with Crippen molar-refractivity contribution in [1.82, 2.24) is 4.90 Å². The van der Waals surface area contributed by atoms with Gasteiger partial charge in [0.2, 0.25) is 0 Å². The molecule has 1 fully saturated rings. The van der Waals surface area contributed by atoms with E-state index in [0.717, 1.165) is 17.6 Å². The fourth-order valence-corrected chi connectivity index (χ4v) is 4.62. The third-order valence-electron chi connectivity index (χ3n) is 5.99. The Morgan fingerprint density at radius 2 is 1.86 bits per heavy atom. The molecule has 1 aliphatic heterocycles. The molecule has 0 amide bonds. The molecule has 2 aliphatic rings. The van der Waals surface area contributed by atoms with Crippen LogP contribution >= 0.6 is 0 Å². The van der Waals surface area contributed by atoms with Gasteiger partial charge in [-0.25, -0.2) is 0 Å². The number of rotatable bonds is 3. The maximum atomic E-state index is 5.48. The van der Waals surface area contributed by atoms with Crippen LogP contribution < -0.4 is 4.74 Å². The Hall–Kier alpha value is -1.02. The second-order valence-corrected chi connectivity index (χ2v) is 8.11. The number of methoxy groups -OCH3 is 1. The van der Waals surface area contributed by atoms with Crippen LogP contribution in [0.1, 0.15) is 64.0 Å². The molecule has 0 spiro atoms. The normalized spacial score (nSPS) is 25.5. The van der Waals surface area contributed by atoms with Gasteiger partial charge in [0.25, 0.3) is 0 Å². The Morgan fingerprint density at radius 1 is 1.18 bits per heavy atom. The first-order valence-corrected chi connectivity index (χ1v) is 8.85. The lowest BCUT2D eigenvalue weighted by Gasteiger charge is -2.37. The third kappa shape index (κ3) is 2.78. The summed E-state index contributed by atoms with van der Waals surface area (Å²) in [5.74, 6) is 2.57. The average molecular weight is 301 g/mol. The highest BCUT2D eigenvalue weighted by atomic mass is 16.5. The van der Waals surface area contributed by atoms with Gasteiger partial charge < -0.3 is 9.64 Å². The molecular formula is C20H31NO. The highest BCUT2D eigenvalue weighted by Gasteiger charge is 2.41. The van der Waals surface area contributed by atoms with Crippen molar-refractivity contribution < 1.29 is 4.74 Å². The first kappa shape index (κ1) is 15.9. The van der Waals surface area contributed by atoms with Gasteiger partial charge in [0.1, 0.15) is 5.75 Å². The molecule has 1 saturated heterocycles. The van der Waals surface area contributed by atoms with E-state index in [0.29, 0.717) is 11.5 Å². The van der Waals surface area contributed by atoms with E-state index in [1.54, 1.807) is 18.2 Å². The molecule has 122 valence electrons. The van der Waals surface area contributed by atoms with Crippen LogP contribution in [0.3, 0.4) is 0 Å². The molecular weight excluding hydrogens is 270 g/mol.